The molecule has 2 aromatic carbocycles. The van der Waals surface area contributed by atoms with Crippen LogP contribution >= 0.6 is 11.6 Å². The van der Waals surface area contributed by atoms with Crippen molar-refractivity contribution >= 4 is 38.9 Å². The van der Waals surface area contributed by atoms with Gasteiger partial charge in [0, 0.05) is 37.8 Å². The first-order chi connectivity index (χ1) is 13.3. The topological polar surface area (TPSA) is 69.7 Å². The van der Waals surface area contributed by atoms with Gasteiger partial charge in [-0.25, -0.2) is 8.42 Å². The van der Waals surface area contributed by atoms with Crippen LogP contribution in [0.1, 0.15) is 29.6 Å². The SMILES string of the molecule is CN(C)c1ccc(Cl)cc1NC(=O)c1cccc(S(=O)(=O)N2CCCCC2)c1. The number of rotatable bonds is 5. The van der Waals surface area contributed by atoms with Gasteiger partial charge >= 0.3 is 0 Å². The molecule has 3 rings (SSSR count). The predicted molar refractivity (Wildman–Crippen MR) is 113 cm³/mol. The number of hydrogen-bond acceptors (Lipinski definition) is 4. The van der Waals surface area contributed by atoms with E-state index < -0.39 is 10.0 Å². The number of carbonyl (C=O) groups is 1. The fraction of sp³-hybridized carbons (Fsp3) is 0.350. The smallest absolute Gasteiger partial charge is 0.255 e. The molecule has 6 nitrogen and oxygen atoms in total. The van der Waals surface area contributed by atoms with Gasteiger partial charge in [0.05, 0.1) is 16.3 Å². The Hall–Kier alpha value is -2.09. The summed E-state index contributed by atoms with van der Waals surface area (Å²) in [6, 6.07) is 11.4. The van der Waals surface area contributed by atoms with Crippen LogP contribution in [0.4, 0.5) is 11.4 Å². The van der Waals surface area contributed by atoms with Crippen LogP contribution in [0, 0.1) is 0 Å². The zero-order valence-electron chi connectivity index (χ0n) is 16.0. The van der Waals surface area contributed by atoms with Crippen molar-refractivity contribution in [1.82, 2.24) is 4.31 Å². The van der Waals surface area contributed by atoms with Gasteiger partial charge in [0.15, 0.2) is 0 Å². The zero-order valence-corrected chi connectivity index (χ0v) is 17.6. The minimum Gasteiger partial charge on any atom is -0.376 e. The molecule has 0 spiro atoms. The summed E-state index contributed by atoms with van der Waals surface area (Å²) in [6.45, 7) is 1.04. The highest BCUT2D eigenvalue weighted by Crippen LogP contribution is 2.28. The van der Waals surface area contributed by atoms with Crippen LogP contribution in [0.5, 0.6) is 0 Å². The largest absolute Gasteiger partial charge is 0.376 e. The van der Waals surface area contributed by atoms with Gasteiger partial charge in [-0.2, -0.15) is 4.31 Å². The van der Waals surface area contributed by atoms with Gasteiger partial charge in [0.1, 0.15) is 0 Å². The second kappa shape index (κ2) is 8.51. The van der Waals surface area contributed by atoms with Gasteiger partial charge in [-0.1, -0.05) is 24.1 Å². The number of hydrogen-bond donors (Lipinski definition) is 1. The molecule has 1 amide bonds. The summed E-state index contributed by atoms with van der Waals surface area (Å²) in [7, 11) is 0.136. The van der Waals surface area contributed by atoms with E-state index in [0.717, 1.165) is 24.9 Å². The van der Waals surface area contributed by atoms with E-state index in [-0.39, 0.29) is 16.4 Å². The highest BCUT2D eigenvalue weighted by atomic mass is 35.5. The maximum absolute atomic E-state index is 12.9. The van der Waals surface area contributed by atoms with Gasteiger partial charge in [-0.15, -0.1) is 0 Å². The summed E-state index contributed by atoms with van der Waals surface area (Å²) in [5, 5.41) is 3.34. The molecule has 0 unspecified atom stereocenters. The van der Waals surface area contributed by atoms with Crippen molar-refractivity contribution in [2.75, 3.05) is 37.4 Å². The molecule has 0 radical (unpaired) electrons. The van der Waals surface area contributed by atoms with Crippen LogP contribution in [0.25, 0.3) is 0 Å². The van der Waals surface area contributed by atoms with Gasteiger partial charge < -0.3 is 10.2 Å². The first-order valence-corrected chi connectivity index (χ1v) is 11.0. The van der Waals surface area contributed by atoms with E-state index in [4.69, 9.17) is 11.6 Å². The normalized spacial score (nSPS) is 15.2. The molecule has 0 saturated carbocycles. The average Bonchev–Trinajstić information content (AvgIpc) is 2.68. The lowest BCUT2D eigenvalue weighted by Crippen LogP contribution is -2.35. The molecule has 0 aromatic heterocycles. The van der Waals surface area contributed by atoms with E-state index >= 15 is 0 Å². The molecule has 0 atom stereocenters. The number of anilines is 2. The Balaban J connectivity index is 1.86. The predicted octanol–water partition coefficient (Wildman–Crippen LogP) is 3.83. The number of carbonyl (C=O) groups excluding carboxylic acids is 1. The van der Waals surface area contributed by atoms with E-state index in [1.807, 2.05) is 25.1 Å². The number of nitrogens with zero attached hydrogens (tertiary/aromatic N) is 2. The van der Waals surface area contributed by atoms with Gasteiger partial charge in [0.25, 0.3) is 5.91 Å². The van der Waals surface area contributed by atoms with Crippen LogP contribution in [0.2, 0.25) is 5.02 Å². The molecular weight excluding hydrogens is 398 g/mol. The Bertz CT molecular complexity index is 970. The molecule has 2 aromatic rings. The first-order valence-electron chi connectivity index (χ1n) is 9.17. The number of halogens is 1. The fourth-order valence-electron chi connectivity index (χ4n) is 3.24. The van der Waals surface area contributed by atoms with Crippen LogP contribution < -0.4 is 10.2 Å². The summed E-state index contributed by atoms with van der Waals surface area (Å²) in [5.41, 5.74) is 1.64. The monoisotopic (exact) mass is 421 g/mol. The molecule has 150 valence electrons. The molecule has 1 heterocycles. The van der Waals surface area contributed by atoms with Crippen molar-refractivity contribution in [2.45, 2.75) is 24.2 Å². The van der Waals surface area contributed by atoms with Gasteiger partial charge in [-0.3, -0.25) is 4.79 Å². The van der Waals surface area contributed by atoms with Crippen LogP contribution in [0.15, 0.2) is 47.4 Å². The van der Waals surface area contributed by atoms with E-state index in [2.05, 4.69) is 5.32 Å². The molecular formula is C20H24ClN3O3S. The highest BCUT2D eigenvalue weighted by molar-refractivity contribution is 7.89. The van der Waals surface area contributed by atoms with E-state index in [0.29, 0.717) is 23.8 Å². The van der Waals surface area contributed by atoms with Crippen molar-refractivity contribution in [3.8, 4) is 0 Å². The third kappa shape index (κ3) is 4.48. The third-order valence-electron chi connectivity index (χ3n) is 4.74. The van der Waals surface area contributed by atoms with Crippen molar-refractivity contribution in [3.05, 3.63) is 53.1 Å². The Labute approximate surface area is 171 Å². The van der Waals surface area contributed by atoms with E-state index in [1.54, 1.807) is 24.3 Å². The molecule has 0 bridgehead atoms. The van der Waals surface area contributed by atoms with Crippen molar-refractivity contribution in [1.29, 1.82) is 0 Å². The maximum atomic E-state index is 12.9. The van der Waals surface area contributed by atoms with Crippen LogP contribution in [-0.4, -0.2) is 45.8 Å². The Morgan fingerprint density at radius 1 is 1.07 bits per heavy atom. The summed E-state index contributed by atoms with van der Waals surface area (Å²) in [6.07, 6.45) is 2.77. The first kappa shape index (κ1) is 20.6. The number of nitrogens with one attached hydrogen (secondary N) is 1. The van der Waals surface area contributed by atoms with Crippen molar-refractivity contribution < 1.29 is 13.2 Å². The minimum atomic E-state index is -3.60. The average molecular weight is 422 g/mol. The molecule has 1 fully saturated rings. The van der Waals surface area contributed by atoms with Crippen molar-refractivity contribution in [3.63, 3.8) is 0 Å². The standard InChI is InChI=1S/C20H24ClN3O3S/c1-23(2)19-10-9-16(21)14-18(19)22-20(25)15-7-6-8-17(13-15)28(26,27)24-11-4-3-5-12-24/h6-10,13-14H,3-5,11-12H2,1-2H3,(H,22,25). The Morgan fingerprint density at radius 3 is 2.46 bits per heavy atom. The number of piperidine rings is 1. The van der Waals surface area contributed by atoms with Gasteiger partial charge in [-0.05, 0) is 49.2 Å². The van der Waals surface area contributed by atoms with E-state index in [1.165, 1.54) is 16.4 Å². The number of sulfonamides is 1. The summed E-state index contributed by atoms with van der Waals surface area (Å²) in [5.74, 6) is -0.388. The highest BCUT2D eigenvalue weighted by Gasteiger charge is 2.26. The lowest BCUT2D eigenvalue weighted by atomic mass is 10.2. The zero-order chi connectivity index (χ0) is 20.3. The third-order valence-corrected chi connectivity index (χ3v) is 6.87. The second-order valence-electron chi connectivity index (χ2n) is 7.00. The van der Waals surface area contributed by atoms with Crippen LogP contribution in [-0.2, 0) is 10.0 Å². The molecule has 1 aliphatic rings. The molecule has 1 saturated heterocycles. The minimum absolute atomic E-state index is 0.140. The molecule has 0 aliphatic carbocycles. The molecule has 28 heavy (non-hydrogen) atoms. The Kier molecular flexibility index (Phi) is 6.27. The van der Waals surface area contributed by atoms with E-state index in [9.17, 15) is 13.2 Å². The molecule has 1 aliphatic heterocycles. The summed E-state index contributed by atoms with van der Waals surface area (Å²) in [4.78, 5) is 14.8. The molecule has 1 N–H and O–H groups in total. The maximum Gasteiger partial charge on any atom is 0.255 e. The van der Waals surface area contributed by atoms with Crippen LogP contribution in [0.3, 0.4) is 0 Å². The number of amides is 1. The summed E-state index contributed by atoms with van der Waals surface area (Å²) >= 11 is 6.07. The quantitative estimate of drug-likeness (QED) is 0.796. The number of benzene rings is 2. The van der Waals surface area contributed by atoms with Crippen molar-refractivity contribution in [2.24, 2.45) is 0 Å². The fourth-order valence-corrected chi connectivity index (χ4v) is 4.98. The second-order valence-corrected chi connectivity index (χ2v) is 9.38. The Morgan fingerprint density at radius 2 is 1.79 bits per heavy atom. The van der Waals surface area contributed by atoms with Gasteiger partial charge in [0.2, 0.25) is 10.0 Å². The molecule has 8 heteroatoms. The lowest BCUT2D eigenvalue weighted by molar-refractivity contribution is 0.102. The summed E-state index contributed by atoms with van der Waals surface area (Å²) < 4.78 is 27.3. The lowest BCUT2D eigenvalue weighted by Gasteiger charge is -2.26.